The Kier molecular flexibility index (Phi) is 3.96. The van der Waals surface area contributed by atoms with Crippen molar-refractivity contribution in [3.05, 3.63) is 30.0 Å². The molecule has 1 aliphatic rings. The van der Waals surface area contributed by atoms with Crippen molar-refractivity contribution < 1.29 is 19.4 Å². The topological polar surface area (TPSA) is 76.8 Å². The van der Waals surface area contributed by atoms with Gasteiger partial charge in [-0.3, -0.25) is 9.58 Å². The molecule has 1 aromatic carbocycles. The zero-order valence-electron chi connectivity index (χ0n) is 13.3. The number of aromatic nitrogens is 2. The predicted octanol–water partition coefficient (Wildman–Crippen LogP) is 1.49. The van der Waals surface area contributed by atoms with Gasteiger partial charge in [0.1, 0.15) is 6.10 Å². The Bertz CT molecular complexity index is 735. The molecule has 3 rings (SSSR count). The molecular formula is C16H19N3O4. The minimum absolute atomic E-state index is 0.0152. The van der Waals surface area contributed by atoms with Crippen LogP contribution < -0.4 is 9.47 Å². The highest BCUT2D eigenvalue weighted by molar-refractivity contribution is 5.87. The van der Waals surface area contributed by atoms with Gasteiger partial charge in [-0.1, -0.05) is 0 Å². The van der Waals surface area contributed by atoms with Gasteiger partial charge >= 0.3 is 5.97 Å². The van der Waals surface area contributed by atoms with Crippen LogP contribution in [0.3, 0.4) is 0 Å². The van der Waals surface area contributed by atoms with Crippen molar-refractivity contribution >= 4 is 5.97 Å². The summed E-state index contributed by atoms with van der Waals surface area (Å²) in [5.74, 6) is 0.263. The van der Waals surface area contributed by atoms with Crippen molar-refractivity contribution in [2.45, 2.75) is 6.10 Å². The Morgan fingerprint density at radius 1 is 1.26 bits per heavy atom. The van der Waals surface area contributed by atoms with Crippen LogP contribution in [-0.4, -0.2) is 59.1 Å². The highest BCUT2D eigenvalue weighted by atomic mass is 16.5. The number of likely N-dealkylation sites (tertiary alicyclic amines) is 1. The summed E-state index contributed by atoms with van der Waals surface area (Å²) < 4.78 is 12.9. The van der Waals surface area contributed by atoms with Crippen LogP contribution >= 0.6 is 0 Å². The molecule has 0 radical (unpaired) electrons. The van der Waals surface area contributed by atoms with E-state index in [0.717, 1.165) is 18.7 Å². The number of carboxylic acids is 1. The van der Waals surface area contributed by atoms with Crippen LogP contribution in [0.2, 0.25) is 0 Å². The molecule has 0 amide bonds. The molecule has 122 valence electrons. The molecule has 0 bridgehead atoms. The molecule has 23 heavy (non-hydrogen) atoms. The molecule has 0 aliphatic carbocycles. The Hall–Kier alpha value is -2.54. The molecule has 1 aliphatic heterocycles. The zero-order valence-corrected chi connectivity index (χ0v) is 13.3. The van der Waals surface area contributed by atoms with Crippen molar-refractivity contribution in [3.8, 4) is 22.8 Å². The van der Waals surface area contributed by atoms with Crippen LogP contribution in [0.4, 0.5) is 0 Å². The first-order chi connectivity index (χ1) is 11.0. The fourth-order valence-electron chi connectivity index (χ4n) is 2.67. The average molecular weight is 317 g/mol. The molecule has 1 aromatic heterocycles. The van der Waals surface area contributed by atoms with Gasteiger partial charge in [-0.2, -0.15) is 5.10 Å². The Morgan fingerprint density at radius 3 is 2.57 bits per heavy atom. The van der Waals surface area contributed by atoms with Gasteiger partial charge in [0.15, 0.2) is 17.2 Å². The molecule has 1 fully saturated rings. The maximum Gasteiger partial charge on any atom is 0.356 e. The number of aromatic carboxylic acids is 1. The standard InChI is InChI=1S/C16H19N3O4/c1-18-8-11(9-18)23-15-6-10(4-5-14(15)22-3)13-7-12(16(20)21)17-19(13)2/h4-7,11H,8-9H2,1-3H3,(H,20,21). The lowest BCUT2D eigenvalue weighted by Crippen LogP contribution is -2.51. The Labute approximate surface area is 134 Å². The second kappa shape index (κ2) is 5.92. The number of nitrogens with zero attached hydrogens (tertiary/aromatic N) is 3. The number of carboxylic acid groups (broad SMARTS) is 1. The van der Waals surface area contributed by atoms with E-state index in [1.807, 2.05) is 25.2 Å². The smallest absolute Gasteiger partial charge is 0.356 e. The summed E-state index contributed by atoms with van der Waals surface area (Å²) in [7, 11) is 5.35. The van der Waals surface area contributed by atoms with Gasteiger partial charge in [0.2, 0.25) is 0 Å². The summed E-state index contributed by atoms with van der Waals surface area (Å²) in [6.07, 6.45) is 0.144. The van der Waals surface area contributed by atoms with E-state index < -0.39 is 5.97 Å². The van der Waals surface area contributed by atoms with E-state index in [2.05, 4.69) is 10.00 Å². The molecule has 0 spiro atoms. The largest absolute Gasteiger partial charge is 0.493 e. The van der Waals surface area contributed by atoms with E-state index >= 15 is 0 Å². The number of ether oxygens (including phenoxy) is 2. The lowest BCUT2D eigenvalue weighted by Gasteiger charge is -2.36. The molecule has 7 heteroatoms. The van der Waals surface area contributed by atoms with Gasteiger partial charge in [-0.25, -0.2) is 4.79 Å². The zero-order chi connectivity index (χ0) is 16.6. The Balaban J connectivity index is 1.92. The third-order valence-corrected chi connectivity index (χ3v) is 3.88. The van der Waals surface area contributed by atoms with Crippen LogP contribution in [0.15, 0.2) is 24.3 Å². The quantitative estimate of drug-likeness (QED) is 0.900. The summed E-state index contributed by atoms with van der Waals surface area (Å²) in [4.78, 5) is 13.2. The summed E-state index contributed by atoms with van der Waals surface area (Å²) in [5, 5.41) is 13.1. The van der Waals surface area contributed by atoms with Crippen molar-refractivity contribution in [1.82, 2.24) is 14.7 Å². The first kappa shape index (κ1) is 15.4. The number of carbonyl (C=O) groups is 1. The number of methoxy groups -OCH3 is 1. The highest BCUT2D eigenvalue weighted by Crippen LogP contribution is 2.34. The minimum atomic E-state index is -1.05. The van der Waals surface area contributed by atoms with Crippen molar-refractivity contribution in [1.29, 1.82) is 0 Å². The second-order valence-corrected chi connectivity index (χ2v) is 5.67. The van der Waals surface area contributed by atoms with E-state index in [0.29, 0.717) is 17.2 Å². The SMILES string of the molecule is COc1ccc(-c2cc(C(=O)O)nn2C)cc1OC1CN(C)C1. The molecule has 2 heterocycles. The third-order valence-electron chi connectivity index (χ3n) is 3.88. The number of hydrogen-bond donors (Lipinski definition) is 1. The van der Waals surface area contributed by atoms with E-state index in [1.54, 1.807) is 24.9 Å². The lowest BCUT2D eigenvalue weighted by atomic mass is 10.1. The summed E-state index contributed by atoms with van der Waals surface area (Å²) in [5.41, 5.74) is 1.55. The van der Waals surface area contributed by atoms with Gasteiger partial charge in [-0.05, 0) is 31.3 Å². The van der Waals surface area contributed by atoms with E-state index in [9.17, 15) is 4.79 Å². The molecule has 1 N–H and O–H groups in total. The van der Waals surface area contributed by atoms with Gasteiger partial charge in [0.25, 0.3) is 0 Å². The van der Waals surface area contributed by atoms with Crippen molar-refractivity contribution in [2.75, 3.05) is 27.2 Å². The number of rotatable bonds is 5. The molecule has 1 saturated heterocycles. The number of benzene rings is 1. The molecule has 0 atom stereocenters. The molecule has 0 saturated carbocycles. The summed E-state index contributed by atoms with van der Waals surface area (Å²) in [6.45, 7) is 1.75. The fourth-order valence-corrected chi connectivity index (χ4v) is 2.67. The first-order valence-corrected chi connectivity index (χ1v) is 7.29. The molecular weight excluding hydrogens is 298 g/mol. The maximum absolute atomic E-state index is 11.1. The van der Waals surface area contributed by atoms with Crippen molar-refractivity contribution in [2.24, 2.45) is 7.05 Å². The van der Waals surface area contributed by atoms with E-state index in [4.69, 9.17) is 14.6 Å². The average Bonchev–Trinajstić information content (AvgIpc) is 2.88. The minimum Gasteiger partial charge on any atom is -0.493 e. The van der Waals surface area contributed by atoms with Gasteiger partial charge in [0, 0.05) is 25.7 Å². The van der Waals surface area contributed by atoms with Crippen LogP contribution in [0.5, 0.6) is 11.5 Å². The van der Waals surface area contributed by atoms with Crippen LogP contribution in [0.1, 0.15) is 10.5 Å². The van der Waals surface area contributed by atoms with Crippen LogP contribution in [0.25, 0.3) is 11.3 Å². The van der Waals surface area contributed by atoms with Crippen LogP contribution in [-0.2, 0) is 7.05 Å². The molecule has 2 aromatic rings. The van der Waals surface area contributed by atoms with E-state index in [-0.39, 0.29) is 11.8 Å². The van der Waals surface area contributed by atoms with Gasteiger partial charge in [0.05, 0.1) is 12.8 Å². The maximum atomic E-state index is 11.1. The van der Waals surface area contributed by atoms with Gasteiger partial charge < -0.3 is 14.6 Å². The number of hydrogen-bond acceptors (Lipinski definition) is 5. The normalized spacial score (nSPS) is 15.3. The van der Waals surface area contributed by atoms with Gasteiger partial charge in [-0.15, -0.1) is 0 Å². The second-order valence-electron chi connectivity index (χ2n) is 5.67. The highest BCUT2D eigenvalue weighted by Gasteiger charge is 2.26. The van der Waals surface area contributed by atoms with Crippen LogP contribution in [0, 0.1) is 0 Å². The molecule has 0 unspecified atom stereocenters. The predicted molar refractivity (Wildman–Crippen MR) is 84.1 cm³/mol. The third kappa shape index (κ3) is 3.00. The monoisotopic (exact) mass is 317 g/mol. The summed E-state index contributed by atoms with van der Waals surface area (Å²) >= 11 is 0. The van der Waals surface area contributed by atoms with Crippen molar-refractivity contribution in [3.63, 3.8) is 0 Å². The van der Waals surface area contributed by atoms with E-state index in [1.165, 1.54) is 0 Å². The number of likely N-dealkylation sites (N-methyl/N-ethyl adjacent to an activating group) is 1. The lowest BCUT2D eigenvalue weighted by molar-refractivity contribution is 0.0370. The first-order valence-electron chi connectivity index (χ1n) is 7.29. The molecule has 7 nitrogen and oxygen atoms in total. The fraction of sp³-hybridized carbons (Fsp3) is 0.375. The Morgan fingerprint density at radius 2 is 2.00 bits per heavy atom. The number of aryl methyl sites for hydroxylation is 1. The summed E-state index contributed by atoms with van der Waals surface area (Å²) in [6, 6.07) is 7.09.